The molecule has 0 bridgehead atoms. The summed E-state index contributed by atoms with van der Waals surface area (Å²) in [6, 6.07) is 2.45. The summed E-state index contributed by atoms with van der Waals surface area (Å²) in [5.74, 6) is 2.47. The van der Waals surface area contributed by atoms with Crippen molar-refractivity contribution in [1.82, 2.24) is 29.8 Å². The smallest absolute Gasteiger partial charge is 0.159 e. The molecule has 0 amide bonds. The van der Waals surface area contributed by atoms with Crippen LogP contribution >= 0.6 is 0 Å². The number of rotatable bonds is 4. The third-order valence-corrected chi connectivity index (χ3v) is 5.27. The number of fused-ring (bicyclic) bond motifs is 1. The highest BCUT2D eigenvalue weighted by Gasteiger charge is 2.16. The molecule has 2 N–H and O–H groups in total. The average molecular weight is 380 g/mol. The number of pyridine rings is 1. The zero-order valence-corrected chi connectivity index (χ0v) is 15.7. The molecule has 146 valence electrons. The number of ether oxygens (including phenoxy) is 1. The minimum atomic E-state index is 0.384. The van der Waals surface area contributed by atoms with Gasteiger partial charge in [-0.2, -0.15) is 0 Å². The molecule has 0 aliphatic carbocycles. The molecule has 1 unspecified atom stereocenters. The molecule has 3 aromatic rings. The van der Waals surface area contributed by atoms with E-state index < -0.39 is 0 Å². The highest BCUT2D eigenvalue weighted by Crippen LogP contribution is 2.22. The predicted octanol–water partition coefficient (Wildman–Crippen LogP) is 1.21. The van der Waals surface area contributed by atoms with E-state index >= 15 is 0 Å². The average Bonchev–Trinajstić information content (AvgIpc) is 3.19. The largest absolute Gasteiger partial charge is 0.378 e. The van der Waals surface area contributed by atoms with Crippen molar-refractivity contribution in [3.05, 3.63) is 31.0 Å². The molecule has 2 saturated heterocycles. The summed E-state index contributed by atoms with van der Waals surface area (Å²) in [5.41, 5.74) is 1.82. The third kappa shape index (κ3) is 3.50. The van der Waals surface area contributed by atoms with Gasteiger partial charge in [-0.15, -0.1) is 0 Å². The number of hydrogen-bond donors (Lipinski definition) is 2. The van der Waals surface area contributed by atoms with Crippen molar-refractivity contribution in [2.45, 2.75) is 18.9 Å². The van der Waals surface area contributed by atoms with Gasteiger partial charge in [0, 0.05) is 31.7 Å². The maximum absolute atomic E-state index is 5.45. The van der Waals surface area contributed by atoms with Gasteiger partial charge in [-0.05, 0) is 19.4 Å². The van der Waals surface area contributed by atoms with Gasteiger partial charge >= 0.3 is 0 Å². The summed E-state index contributed by atoms with van der Waals surface area (Å²) in [6.07, 6.45) is 9.46. The molecule has 1 atom stereocenters. The van der Waals surface area contributed by atoms with Crippen molar-refractivity contribution >= 4 is 22.7 Å². The lowest BCUT2D eigenvalue weighted by atomic mass is 10.1. The maximum atomic E-state index is 5.45. The van der Waals surface area contributed by atoms with Crippen LogP contribution in [0.15, 0.2) is 31.0 Å². The summed E-state index contributed by atoms with van der Waals surface area (Å²) < 4.78 is 7.42. The number of nitrogens with zero attached hydrogens (tertiary/aromatic N) is 6. The first kappa shape index (κ1) is 17.3. The number of hydrogen-bond acceptors (Lipinski definition) is 8. The zero-order chi connectivity index (χ0) is 18.8. The van der Waals surface area contributed by atoms with Crippen LogP contribution in [0.25, 0.3) is 16.9 Å². The Morgan fingerprint density at radius 1 is 1.11 bits per heavy atom. The summed E-state index contributed by atoms with van der Waals surface area (Å²) in [7, 11) is 0. The quantitative estimate of drug-likeness (QED) is 0.698. The maximum Gasteiger partial charge on any atom is 0.159 e. The standard InChI is InChI=1S/C19H24N8O/c1-2-14(9-20-3-1)24-17-11-21-12-19(25-17)27-13-23-15-10-22-18(8-16(15)27)26-4-6-28-7-5-26/h8,10-14,20H,1-7,9H2,(H,24,25). The number of imidazole rings is 1. The van der Waals surface area contributed by atoms with E-state index in [9.17, 15) is 0 Å². The minimum Gasteiger partial charge on any atom is -0.378 e. The van der Waals surface area contributed by atoms with Crippen LogP contribution in [0.2, 0.25) is 0 Å². The van der Waals surface area contributed by atoms with Gasteiger partial charge in [-0.25, -0.2) is 15.0 Å². The van der Waals surface area contributed by atoms with Crippen LogP contribution in [0.5, 0.6) is 0 Å². The van der Waals surface area contributed by atoms with Gasteiger partial charge in [-0.3, -0.25) is 9.55 Å². The van der Waals surface area contributed by atoms with Crippen LogP contribution in [-0.2, 0) is 4.74 Å². The van der Waals surface area contributed by atoms with E-state index in [1.54, 1.807) is 18.7 Å². The molecule has 3 aromatic heterocycles. The summed E-state index contributed by atoms with van der Waals surface area (Å²) in [4.78, 5) is 20.5. The van der Waals surface area contributed by atoms with E-state index in [0.717, 1.165) is 74.3 Å². The fraction of sp³-hybridized carbons (Fsp3) is 0.474. The zero-order valence-electron chi connectivity index (χ0n) is 15.7. The number of nitrogens with one attached hydrogen (secondary N) is 2. The van der Waals surface area contributed by atoms with Crippen molar-refractivity contribution < 1.29 is 4.74 Å². The lowest BCUT2D eigenvalue weighted by Crippen LogP contribution is -2.38. The molecule has 0 aromatic carbocycles. The SMILES string of the molecule is c1ncc(-n2cnc3cnc(N4CCOCC4)cc32)nc1NC1CCCNC1. The van der Waals surface area contributed by atoms with Crippen LogP contribution in [-0.4, -0.2) is 69.9 Å². The van der Waals surface area contributed by atoms with Gasteiger partial charge < -0.3 is 20.3 Å². The predicted molar refractivity (Wildman–Crippen MR) is 107 cm³/mol. The van der Waals surface area contributed by atoms with Gasteiger partial charge in [0.2, 0.25) is 0 Å². The van der Waals surface area contributed by atoms with Gasteiger partial charge in [-0.1, -0.05) is 0 Å². The molecule has 2 aliphatic rings. The second kappa shape index (κ2) is 7.69. The molecule has 2 fully saturated rings. The first-order chi connectivity index (χ1) is 13.9. The highest BCUT2D eigenvalue weighted by molar-refractivity contribution is 5.79. The van der Waals surface area contributed by atoms with Crippen molar-refractivity contribution in [1.29, 1.82) is 0 Å². The summed E-state index contributed by atoms with van der Waals surface area (Å²) in [6.45, 7) is 5.20. The summed E-state index contributed by atoms with van der Waals surface area (Å²) >= 11 is 0. The minimum absolute atomic E-state index is 0.384. The molecule has 5 heterocycles. The number of piperidine rings is 1. The molecular weight excluding hydrogens is 356 g/mol. The molecule has 2 aliphatic heterocycles. The second-order valence-corrected chi connectivity index (χ2v) is 7.20. The first-order valence-corrected chi connectivity index (χ1v) is 9.82. The van der Waals surface area contributed by atoms with E-state index in [1.165, 1.54) is 6.42 Å². The molecule has 0 saturated carbocycles. The summed E-state index contributed by atoms with van der Waals surface area (Å²) in [5, 5.41) is 6.90. The van der Waals surface area contributed by atoms with Crippen LogP contribution < -0.4 is 15.5 Å². The Bertz CT molecular complexity index is 946. The molecule has 9 nitrogen and oxygen atoms in total. The van der Waals surface area contributed by atoms with E-state index in [1.807, 2.05) is 10.8 Å². The van der Waals surface area contributed by atoms with Crippen LogP contribution in [0.4, 0.5) is 11.6 Å². The monoisotopic (exact) mass is 380 g/mol. The van der Waals surface area contributed by atoms with Crippen LogP contribution in [0.3, 0.4) is 0 Å². The number of morpholine rings is 1. The Labute approximate surface area is 163 Å². The normalized spacial score (nSPS) is 20.4. The van der Waals surface area contributed by atoms with Crippen molar-refractivity contribution in [2.75, 3.05) is 49.6 Å². The Kier molecular flexibility index (Phi) is 4.76. The third-order valence-electron chi connectivity index (χ3n) is 5.27. The number of anilines is 2. The lowest BCUT2D eigenvalue weighted by Gasteiger charge is -2.27. The van der Waals surface area contributed by atoms with E-state index in [-0.39, 0.29) is 0 Å². The van der Waals surface area contributed by atoms with E-state index in [4.69, 9.17) is 9.72 Å². The fourth-order valence-electron chi connectivity index (χ4n) is 3.77. The Balaban J connectivity index is 1.44. The molecule has 28 heavy (non-hydrogen) atoms. The van der Waals surface area contributed by atoms with E-state index in [0.29, 0.717) is 6.04 Å². The molecular formula is C19H24N8O. The van der Waals surface area contributed by atoms with E-state index in [2.05, 4.69) is 36.6 Å². The molecule has 0 spiro atoms. The van der Waals surface area contributed by atoms with Crippen molar-refractivity contribution in [3.8, 4) is 5.82 Å². The highest BCUT2D eigenvalue weighted by atomic mass is 16.5. The molecule has 9 heteroatoms. The molecule has 0 radical (unpaired) electrons. The Morgan fingerprint density at radius 2 is 2.04 bits per heavy atom. The van der Waals surface area contributed by atoms with Crippen molar-refractivity contribution in [3.63, 3.8) is 0 Å². The topological polar surface area (TPSA) is 93.0 Å². The van der Waals surface area contributed by atoms with Gasteiger partial charge in [0.25, 0.3) is 0 Å². The Morgan fingerprint density at radius 3 is 2.89 bits per heavy atom. The van der Waals surface area contributed by atoms with Gasteiger partial charge in [0.05, 0.1) is 37.3 Å². The van der Waals surface area contributed by atoms with Gasteiger partial charge in [0.1, 0.15) is 23.5 Å². The molecule has 5 rings (SSSR count). The number of aromatic nitrogens is 5. The van der Waals surface area contributed by atoms with Crippen LogP contribution in [0, 0.1) is 0 Å². The van der Waals surface area contributed by atoms with Gasteiger partial charge in [0.15, 0.2) is 5.82 Å². The Hall–Kier alpha value is -2.78. The van der Waals surface area contributed by atoms with Crippen LogP contribution in [0.1, 0.15) is 12.8 Å². The fourth-order valence-corrected chi connectivity index (χ4v) is 3.77. The second-order valence-electron chi connectivity index (χ2n) is 7.20. The first-order valence-electron chi connectivity index (χ1n) is 9.82. The lowest BCUT2D eigenvalue weighted by molar-refractivity contribution is 0.122. The van der Waals surface area contributed by atoms with Crippen molar-refractivity contribution in [2.24, 2.45) is 0 Å².